The van der Waals surface area contributed by atoms with E-state index in [1.54, 1.807) is 4.57 Å². The largest absolute Gasteiger partial charge is 0.394 e. The van der Waals surface area contributed by atoms with Gasteiger partial charge in [0.05, 0.1) is 12.9 Å². The number of hydrogen-bond donors (Lipinski definition) is 3. The Bertz CT molecular complexity index is 953. The summed E-state index contributed by atoms with van der Waals surface area (Å²) >= 11 is 0. The molecule has 0 radical (unpaired) electrons. The minimum atomic E-state index is -1.04. The summed E-state index contributed by atoms with van der Waals surface area (Å²) in [6, 6.07) is 10.2. The molecule has 4 N–H and O–H groups in total. The van der Waals surface area contributed by atoms with E-state index in [1.165, 1.54) is 18.2 Å². The van der Waals surface area contributed by atoms with Crippen LogP contribution in [-0.2, 0) is 20.6 Å². The predicted molar refractivity (Wildman–Crippen MR) is 107 cm³/mol. The molecule has 4 rings (SSSR count). The standard InChI is InChI=1S/C20H25N5O5/c21-18-15-19(23-10-22-18)25(11-24-15)20-17(16(27)14(9-26)30-20)29-12-28-8-4-7-13-5-2-1-3-6-13/h1-3,5-6,10-11,14,16-17,20,26-27H,4,7-9,12H2,(H2,21,22,23)/t14-,16-,17-,20-/m1/s1. The van der Waals surface area contributed by atoms with Gasteiger partial charge in [0, 0.05) is 6.61 Å². The van der Waals surface area contributed by atoms with Gasteiger partial charge in [0.1, 0.15) is 36.9 Å². The summed E-state index contributed by atoms with van der Waals surface area (Å²) in [6.07, 6.45) is 1.24. The average molecular weight is 415 g/mol. The molecular weight excluding hydrogens is 390 g/mol. The van der Waals surface area contributed by atoms with Gasteiger partial charge in [0.2, 0.25) is 0 Å². The number of nitrogen functional groups attached to an aromatic ring is 1. The number of hydrogen-bond acceptors (Lipinski definition) is 9. The Morgan fingerprint density at radius 1 is 1.17 bits per heavy atom. The van der Waals surface area contributed by atoms with Crippen LogP contribution in [-0.4, -0.2) is 68.1 Å². The lowest BCUT2D eigenvalue weighted by molar-refractivity contribution is -0.138. The summed E-state index contributed by atoms with van der Waals surface area (Å²) in [6.45, 7) is 0.155. The number of fused-ring (bicyclic) bond motifs is 1. The predicted octanol–water partition coefficient (Wildman–Crippen LogP) is 0.651. The molecule has 2 aromatic heterocycles. The highest BCUT2D eigenvalue weighted by molar-refractivity contribution is 5.81. The van der Waals surface area contributed by atoms with Crippen LogP contribution >= 0.6 is 0 Å². The van der Waals surface area contributed by atoms with Crippen molar-refractivity contribution in [2.45, 2.75) is 37.4 Å². The van der Waals surface area contributed by atoms with Crippen LogP contribution in [0, 0.1) is 0 Å². The average Bonchev–Trinajstić information content (AvgIpc) is 3.33. The van der Waals surface area contributed by atoms with Crippen LogP contribution in [0.5, 0.6) is 0 Å². The number of nitrogens with two attached hydrogens (primary N) is 1. The van der Waals surface area contributed by atoms with E-state index in [0.29, 0.717) is 17.8 Å². The van der Waals surface area contributed by atoms with E-state index in [0.717, 1.165) is 12.8 Å². The summed E-state index contributed by atoms with van der Waals surface area (Å²) in [5.74, 6) is 0.246. The number of benzene rings is 1. The normalized spacial score (nSPS) is 23.9. The molecule has 1 fully saturated rings. The van der Waals surface area contributed by atoms with Gasteiger partial charge in [-0.25, -0.2) is 15.0 Å². The lowest BCUT2D eigenvalue weighted by atomic mass is 10.1. The van der Waals surface area contributed by atoms with Crippen molar-refractivity contribution in [1.29, 1.82) is 0 Å². The first kappa shape index (κ1) is 20.6. The zero-order valence-corrected chi connectivity index (χ0v) is 16.4. The lowest BCUT2D eigenvalue weighted by Gasteiger charge is -2.22. The molecule has 0 bridgehead atoms. The lowest BCUT2D eigenvalue weighted by Crippen LogP contribution is -2.36. The fourth-order valence-electron chi connectivity index (χ4n) is 3.54. The van der Waals surface area contributed by atoms with Gasteiger partial charge in [-0.05, 0) is 18.4 Å². The van der Waals surface area contributed by atoms with Crippen molar-refractivity contribution in [3.05, 3.63) is 48.5 Å². The maximum atomic E-state index is 10.5. The van der Waals surface area contributed by atoms with E-state index < -0.39 is 24.5 Å². The highest BCUT2D eigenvalue weighted by Gasteiger charge is 2.46. The molecule has 1 aromatic carbocycles. The molecule has 1 aliphatic rings. The first-order valence-corrected chi connectivity index (χ1v) is 9.79. The van der Waals surface area contributed by atoms with E-state index in [-0.39, 0.29) is 19.2 Å². The van der Waals surface area contributed by atoms with Crippen molar-refractivity contribution in [3.8, 4) is 0 Å². The fraction of sp³-hybridized carbons (Fsp3) is 0.450. The number of anilines is 1. The van der Waals surface area contributed by atoms with Crippen molar-refractivity contribution < 1.29 is 24.4 Å². The summed E-state index contributed by atoms with van der Waals surface area (Å²) < 4.78 is 18.8. The van der Waals surface area contributed by atoms with E-state index in [4.69, 9.17) is 19.9 Å². The van der Waals surface area contributed by atoms with Crippen molar-refractivity contribution in [3.63, 3.8) is 0 Å². The number of aromatic nitrogens is 4. The zero-order valence-electron chi connectivity index (χ0n) is 16.4. The highest BCUT2D eigenvalue weighted by Crippen LogP contribution is 2.33. The number of aryl methyl sites for hydroxylation is 1. The molecule has 10 nitrogen and oxygen atoms in total. The van der Waals surface area contributed by atoms with Crippen LogP contribution in [0.2, 0.25) is 0 Å². The Balaban J connectivity index is 1.36. The molecule has 30 heavy (non-hydrogen) atoms. The maximum absolute atomic E-state index is 10.5. The Morgan fingerprint density at radius 2 is 2.00 bits per heavy atom. The third-order valence-electron chi connectivity index (χ3n) is 5.09. The molecule has 0 saturated carbocycles. The number of aliphatic hydroxyl groups is 2. The van der Waals surface area contributed by atoms with Crippen LogP contribution in [0.4, 0.5) is 5.82 Å². The molecule has 10 heteroatoms. The SMILES string of the molecule is Nc1ncnc2c1ncn2[C@@H]1O[C@H](CO)[C@@H](O)[C@H]1OCOCCCc1ccccc1. The van der Waals surface area contributed by atoms with Gasteiger partial charge in [0.25, 0.3) is 0 Å². The zero-order chi connectivity index (χ0) is 20.9. The quantitative estimate of drug-likeness (QED) is 0.340. The number of rotatable bonds is 9. The minimum absolute atomic E-state index is 0.0156. The van der Waals surface area contributed by atoms with Crippen LogP contribution in [0.25, 0.3) is 11.2 Å². The topological polar surface area (TPSA) is 138 Å². The van der Waals surface area contributed by atoms with E-state index in [1.807, 2.05) is 18.2 Å². The second-order valence-corrected chi connectivity index (χ2v) is 7.07. The van der Waals surface area contributed by atoms with Gasteiger partial charge in [-0.2, -0.15) is 0 Å². The van der Waals surface area contributed by atoms with Crippen molar-refractivity contribution in [1.82, 2.24) is 19.5 Å². The Kier molecular flexibility index (Phi) is 6.50. The van der Waals surface area contributed by atoms with Gasteiger partial charge in [-0.3, -0.25) is 4.57 Å². The van der Waals surface area contributed by atoms with Gasteiger partial charge in [0.15, 0.2) is 17.7 Å². The Hall–Kier alpha value is -2.63. The molecule has 0 amide bonds. The third kappa shape index (κ3) is 4.27. The molecule has 0 aliphatic carbocycles. The second-order valence-electron chi connectivity index (χ2n) is 7.07. The molecule has 1 aliphatic heterocycles. The Labute approximate surface area is 173 Å². The molecule has 3 aromatic rings. The van der Waals surface area contributed by atoms with E-state index in [9.17, 15) is 10.2 Å². The molecule has 1 saturated heterocycles. The first-order valence-electron chi connectivity index (χ1n) is 9.79. The third-order valence-corrected chi connectivity index (χ3v) is 5.09. The fourth-order valence-corrected chi connectivity index (χ4v) is 3.54. The summed E-state index contributed by atoms with van der Waals surface area (Å²) in [7, 11) is 0. The van der Waals surface area contributed by atoms with Crippen molar-refractivity contribution in [2.75, 3.05) is 25.7 Å². The summed E-state index contributed by atoms with van der Waals surface area (Å²) in [4.78, 5) is 12.4. The molecule has 3 heterocycles. The first-order chi connectivity index (χ1) is 14.7. The number of nitrogens with zero attached hydrogens (tertiary/aromatic N) is 4. The smallest absolute Gasteiger partial charge is 0.167 e. The monoisotopic (exact) mass is 415 g/mol. The number of imidazole rings is 1. The molecular formula is C20H25N5O5. The van der Waals surface area contributed by atoms with Crippen molar-refractivity contribution in [2.24, 2.45) is 0 Å². The van der Waals surface area contributed by atoms with Crippen LogP contribution in [0.1, 0.15) is 18.2 Å². The molecule has 160 valence electrons. The maximum Gasteiger partial charge on any atom is 0.167 e. The van der Waals surface area contributed by atoms with Crippen LogP contribution in [0.15, 0.2) is 43.0 Å². The number of ether oxygens (including phenoxy) is 3. The Morgan fingerprint density at radius 3 is 2.80 bits per heavy atom. The molecule has 0 spiro atoms. The van der Waals surface area contributed by atoms with Gasteiger partial charge in [-0.15, -0.1) is 0 Å². The van der Waals surface area contributed by atoms with Crippen LogP contribution < -0.4 is 5.73 Å². The highest BCUT2D eigenvalue weighted by atomic mass is 16.7. The summed E-state index contributed by atoms with van der Waals surface area (Å²) in [5.41, 5.74) is 7.98. The second kappa shape index (κ2) is 9.45. The van der Waals surface area contributed by atoms with Gasteiger partial charge >= 0.3 is 0 Å². The van der Waals surface area contributed by atoms with E-state index >= 15 is 0 Å². The van der Waals surface area contributed by atoms with Gasteiger partial charge in [-0.1, -0.05) is 30.3 Å². The minimum Gasteiger partial charge on any atom is -0.394 e. The molecule has 4 atom stereocenters. The number of aliphatic hydroxyl groups excluding tert-OH is 2. The van der Waals surface area contributed by atoms with Gasteiger partial charge < -0.3 is 30.2 Å². The van der Waals surface area contributed by atoms with Crippen LogP contribution in [0.3, 0.4) is 0 Å². The molecule has 0 unspecified atom stereocenters. The summed E-state index contributed by atoms with van der Waals surface area (Å²) in [5, 5.41) is 20.1. The van der Waals surface area contributed by atoms with E-state index in [2.05, 4.69) is 27.1 Å². The van der Waals surface area contributed by atoms with Crippen molar-refractivity contribution >= 4 is 17.0 Å².